The third-order valence-corrected chi connectivity index (χ3v) is 9.36. The Labute approximate surface area is 154 Å². The molecule has 4 heteroatoms. The van der Waals surface area contributed by atoms with Gasteiger partial charge in [0.05, 0.1) is 9.40 Å². The molecule has 0 bridgehead atoms. The summed E-state index contributed by atoms with van der Waals surface area (Å²) in [7, 11) is 0. The molecular weight excluding hydrogens is 368 g/mol. The van der Waals surface area contributed by atoms with Crippen LogP contribution in [0.15, 0.2) is 36.4 Å². The van der Waals surface area contributed by atoms with E-state index in [9.17, 15) is 0 Å². The van der Waals surface area contributed by atoms with Gasteiger partial charge in [-0.05, 0) is 38.1 Å². The van der Waals surface area contributed by atoms with E-state index in [1.807, 2.05) is 45.3 Å². The van der Waals surface area contributed by atoms with Crippen LogP contribution >= 0.6 is 45.3 Å². The molecule has 0 unspecified atom stereocenters. The van der Waals surface area contributed by atoms with Gasteiger partial charge in [0, 0.05) is 50.1 Å². The lowest BCUT2D eigenvalue weighted by Crippen LogP contribution is -1.65. The van der Waals surface area contributed by atoms with Crippen molar-refractivity contribution in [3.05, 3.63) is 46.2 Å². The van der Waals surface area contributed by atoms with Gasteiger partial charge in [-0.25, -0.2) is 0 Å². The Balaban J connectivity index is 1.85. The fourth-order valence-corrected chi connectivity index (χ4v) is 8.52. The molecule has 0 atom stereocenters. The van der Waals surface area contributed by atoms with Crippen LogP contribution in [0, 0.1) is 13.8 Å². The van der Waals surface area contributed by atoms with Crippen molar-refractivity contribution in [2.75, 3.05) is 0 Å². The lowest BCUT2D eigenvalue weighted by atomic mass is 10.1. The van der Waals surface area contributed by atoms with E-state index < -0.39 is 0 Å². The highest BCUT2D eigenvalue weighted by atomic mass is 32.1. The normalized spacial score (nSPS) is 12.6. The van der Waals surface area contributed by atoms with Gasteiger partial charge in [-0.3, -0.25) is 0 Å². The van der Waals surface area contributed by atoms with Crippen molar-refractivity contribution >= 4 is 95.1 Å². The fourth-order valence-electron chi connectivity index (χ4n) is 3.66. The van der Waals surface area contributed by atoms with Gasteiger partial charge in [0.2, 0.25) is 0 Å². The van der Waals surface area contributed by atoms with Gasteiger partial charge in [0.25, 0.3) is 0 Å². The lowest BCUT2D eigenvalue weighted by molar-refractivity contribution is 1.66. The van der Waals surface area contributed by atoms with Crippen molar-refractivity contribution in [3.8, 4) is 0 Å². The predicted octanol–water partition coefficient (Wildman–Crippen LogP) is 8.32. The number of rotatable bonds is 0. The monoisotopic (exact) mass is 380 g/mol. The summed E-state index contributed by atoms with van der Waals surface area (Å²) in [6.45, 7) is 4.41. The Hall–Kier alpha value is -1.46. The molecule has 2 aromatic carbocycles. The number of thiophene rings is 4. The molecule has 116 valence electrons. The SMILES string of the molecule is Cc1cc2c(ccc3c2sc2c4ccc5sc(C)cc5c4sc32)s1. The highest BCUT2D eigenvalue weighted by Crippen LogP contribution is 2.49. The quantitative estimate of drug-likeness (QED) is 0.248. The third-order valence-electron chi connectivity index (χ3n) is 4.65. The molecule has 0 amide bonds. The third kappa shape index (κ3) is 1.67. The van der Waals surface area contributed by atoms with Crippen molar-refractivity contribution < 1.29 is 0 Å². The maximum absolute atomic E-state index is 2.35. The van der Waals surface area contributed by atoms with Crippen LogP contribution in [0.25, 0.3) is 49.7 Å². The standard InChI is InChI=1S/C20H12S4/c1-9-7-13-15(21-9)5-3-11-17(13)23-20-12-4-6-16-14(8-10(2)22-16)18(12)24-19(11)20/h3-8H,1-2H3. The van der Waals surface area contributed by atoms with E-state index in [-0.39, 0.29) is 0 Å². The molecule has 0 aliphatic heterocycles. The van der Waals surface area contributed by atoms with Crippen LogP contribution in [0.5, 0.6) is 0 Å². The van der Waals surface area contributed by atoms with Crippen LogP contribution in [-0.4, -0.2) is 0 Å². The summed E-state index contributed by atoms with van der Waals surface area (Å²) in [5, 5.41) is 5.73. The van der Waals surface area contributed by atoms with Crippen molar-refractivity contribution in [1.29, 1.82) is 0 Å². The Morgan fingerprint density at radius 2 is 0.958 bits per heavy atom. The van der Waals surface area contributed by atoms with Crippen molar-refractivity contribution in [3.63, 3.8) is 0 Å². The molecule has 0 aliphatic carbocycles. The molecular formula is C20H12S4. The van der Waals surface area contributed by atoms with Crippen LogP contribution in [0.2, 0.25) is 0 Å². The zero-order valence-electron chi connectivity index (χ0n) is 13.1. The smallest absolute Gasteiger partial charge is 0.0542 e. The first-order valence-corrected chi connectivity index (χ1v) is 11.1. The van der Waals surface area contributed by atoms with Gasteiger partial charge in [-0.2, -0.15) is 0 Å². The van der Waals surface area contributed by atoms with Crippen LogP contribution < -0.4 is 0 Å². The van der Waals surface area contributed by atoms with Crippen LogP contribution in [0.4, 0.5) is 0 Å². The first-order chi connectivity index (χ1) is 11.7. The average molecular weight is 381 g/mol. The molecule has 0 saturated carbocycles. The summed E-state index contributed by atoms with van der Waals surface area (Å²) in [5.41, 5.74) is 0. The van der Waals surface area contributed by atoms with E-state index in [0.717, 1.165) is 0 Å². The van der Waals surface area contributed by atoms with E-state index in [0.29, 0.717) is 0 Å². The maximum atomic E-state index is 2.35. The number of hydrogen-bond donors (Lipinski definition) is 0. The summed E-state index contributed by atoms with van der Waals surface area (Å²) >= 11 is 7.75. The zero-order valence-corrected chi connectivity index (χ0v) is 16.4. The highest BCUT2D eigenvalue weighted by Gasteiger charge is 2.16. The molecule has 4 heterocycles. The van der Waals surface area contributed by atoms with Gasteiger partial charge in [0.1, 0.15) is 0 Å². The minimum absolute atomic E-state index is 1.40. The fraction of sp³-hybridized carbons (Fsp3) is 0.100. The van der Waals surface area contributed by atoms with Crippen molar-refractivity contribution in [2.45, 2.75) is 13.8 Å². The van der Waals surface area contributed by atoms with Gasteiger partial charge in [-0.15, -0.1) is 45.3 Å². The molecule has 0 spiro atoms. The van der Waals surface area contributed by atoms with E-state index in [1.165, 1.54) is 59.5 Å². The van der Waals surface area contributed by atoms with Gasteiger partial charge in [0.15, 0.2) is 0 Å². The molecule has 0 radical (unpaired) electrons. The molecule has 6 rings (SSSR count). The molecule has 6 aromatic rings. The second kappa shape index (κ2) is 4.58. The average Bonchev–Trinajstić information content (AvgIpc) is 3.25. The van der Waals surface area contributed by atoms with Gasteiger partial charge < -0.3 is 0 Å². The summed E-state index contributed by atoms with van der Waals surface area (Å²) in [6.07, 6.45) is 0. The van der Waals surface area contributed by atoms with Gasteiger partial charge >= 0.3 is 0 Å². The van der Waals surface area contributed by atoms with Crippen LogP contribution in [-0.2, 0) is 0 Å². The predicted molar refractivity (Wildman–Crippen MR) is 115 cm³/mol. The molecule has 4 aromatic heterocycles. The van der Waals surface area contributed by atoms with E-state index in [2.05, 4.69) is 50.2 Å². The minimum Gasteiger partial charge on any atom is -0.141 e. The topological polar surface area (TPSA) is 0 Å². The van der Waals surface area contributed by atoms with E-state index in [1.54, 1.807) is 0 Å². The van der Waals surface area contributed by atoms with E-state index in [4.69, 9.17) is 0 Å². The lowest BCUT2D eigenvalue weighted by Gasteiger charge is -1.94. The maximum Gasteiger partial charge on any atom is 0.0542 e. The Kier molecular flexibility index (Phi) is 2.63. The van der Waals surface area contributed by atoms with Crippen molar-refractivity contribution in [2.24, 2.45) is 0 Å². The molecule has 0 saturated heterocycles. The minimum atomic E-state index is 1.40. The zero-order chi connectivity index (χ0) is 16.0. The Bertz CT molecular complexity index is 1310. The van der Waals surface area contributed by atoms with E-state index >= 15 is 0 Å². The van der Waals surface area contributed by atoms with Gasteiger partial charge in [-0.1, -0.05) is 12.1 Å². The number of fused-ring (bicyclic) bond motifs is 9. The number of hydrogen-bond acceptors (Lipinski definition) is 4. The first-order valence-electron chi connectivity index (χ1n) is 7.86. The molecule has 0 nitrogen and oxygen atoms in total. The number of benzene rings is 2. The second-order valence-corrected chi connectivity index (χ2v) is 10.9. The Morgan fingerprint density at radius 3 is 1.42 bits per heavy atom. The first kappa shape index (κ1) is 13.8. The molecule has 24 heavy (non-hydrogen) atoms. The highest BCUT2D eigenvalue weighted by molar-refractivity contribution is 7.37. The molecule has 0 N–H and O–H groups in total. The summed E-state index contributed by atoms with van der Waals surface area (Å²) in [5.74, 6) is 0. The van der Waals surface area contributed by atoms with Crippen LogP contribution in [0.3, 0.4) is 0 Å². The largest absolute Gasteiger partial charge is 0.141 e. The van der Waals surface area contributed by atoms with Crippen molar-refractivity contribution in [1.82, 2.24) is 0 Å². The summed E-state index contributed by atoms with van der Waals surface area (Å²) in [4.78, 5) is 2.80. The summed E-state index contributed by atoms with van der Waals surface area (Å²) < 4.78 is 8.67. The molecule has 0 fully saturated rings. The molecule has 0 aliphatic rings. The Morgan fingerprint density at radius 1 is 0.500 bits per heavy atom. The van der Waals surface area contributed by atoms with Crippen LogP contribution in [0.1, 0.15) is 9.75 Å². The second-order valence-electron chi connectivity index (χ2n) is 6.28. The number of aryl methyl sites for hydroxylation is 2. The summed E-state index contributed by atoms with van der Waals surface area (Å²) in [6, 6.07) is 14.0.